The summed E-state index contributed by atoms with van der Waals surface area (Å²) < 4.78 is 22.0. The fourth-order valence-corrected chi connectivity index (χ4v) is 5.09. The van der Waals surface area contributed by atoms with E-state index in [9.17, 15) is 9.59 Å². The summed E-state index contributed by atoms with van der Waals surface area (Å²) in [5.41, 5.74) is 1.53. The zero-order chi connectivity index (χ0) is 23.4. The molecule has 1 saturated heterocycles. The van der Waals surface area contributed by atoms with Crippen LogP contribution in [0.3, 0.4) is 0 Å². The van der Waals surface area contributed by atoms with Gasteiger partial charge in [-0.05, 0) is 61.1 Å². The van der Waals surface area contributed by atoms with E-state index >= 15 is 4.39 Å². The van der Waals surface area contributed by atoms with Crippen LogP contribution >= 0.6 is 11.6 Å². The molecule has 1 N–H and O–H groups in total. The average Bonchev–Trinajstić information content (AvgIpc) is 3.22. The summed E-state index contributed by atoms with van der Waals surface area (Å²) in [6.45, 7) is 1.35. The van der Waals surface area contributed by atoms with Crippen molar-refractivity contribution < 1.29 is 13.6 Å². The minimum atomic E-state index is -0.576. The van der Waals surface area contributed by atoms with Gasteiger partial charge in [0.25, 0.3) is 0 Å². The van der Waals surface area contributed by atoms with E-state index in [-0.39, 0.29) is 23.4 Å². The number of hydrogen-bond acceptors (Lipinski definition) is 4. The standard InChI is InChI=1S/C25H22ClFN4O3/c26-19-12-21(20(27)11-18(19)16-3-4-22-17(10-16)6-8-34-22)31-23(28-29-25(31)33)9-14-5-7-30(13-14)24(32)15-1-2-15/h3-4,6,8,10-12,14-15H,1-2,5,7,9,13H2,(H,29,33)/t14-/m0/s1. The number of nitrogens with zero attached hydrogens (tertiary/aromatic N) is 3. The monoisotopic (exact) mass is 480 g/mol. The molecule has 3 heterocycles. The second-order valence-corrected chi connectivity index (χ2v) is 9.56. The zero-order valence-corrected chi connectivity index (χ0v) is 19.0. The van der Waals surface area contributed by atoms with Gasteiger partial charge in [-0.25, -0.2) is 18.9 Å². The zero-order valence-electron chi connectivity index (χ0n) is 18.3. The SMILES string of the molecule is O=C(C1CC1)N1CC[C@@H](Cc2n[nH]c(=O)n2-c2cc(Cl)c(-c3ccc4occc4c3)cc2F)C1. The number of hydrogen-bond donors (Lipinski definition) is 1. The number of nitrogens with one attached hydrogen (secondary N) is 1. The van der Waals surface area contributed by atoms with Crippen LogP contribution < -0.4 is 5.69 Å². The molecule has 1 amide bonds. The van der Waals surface area contributed by atoms with E-state index < -0.39 is 11.5 Å². The molecule has 0 radical (unpaired) electrons. The molecule has 0 bridgehead atoms. The van der Waals surface area contributed by atoms with Crippen LogP contribution in [0.25, 0.3) is 27.8 Å². The van der Waals surface area contributed by atoms with Gasteiger partial charge in [0.15, 0.2) is 0 Å². The molecule has 1 saturated carbocycles. The quantitative estimate of drug-likeness (QED) is 0.453. The minimum Gasteiger partial charge on any atom is -0.464 e. The molecule has 7 nitrogen and oxygen atoms in total. The van der Waals surface area contributed by atoms with Crippen molar-refractivity contribution in [2.45, 2.75) is 25.7 Å². The van der Waals surface area contributed by atoms with Gasteiger partial charge in [0.2, 0.25) is 5.91 Å². The number of fused-ring (bicyclic) bond motifs is 1. The van der Waals surface area contributed by atoms with E-state index in [1.54, 1.807) is 6.26 Å². The molecule has 1 atom stereocenters. The number of furan rings is 1. The lowest BCUT2D eigenvalue weighted by atomic mass is 10.0. The lowest BCUT2D eigenvalue weighted by Gasteiger charge is -2.16. The largest absolute Gasteiger partial charge is 0.464 e. The van der Waals surface area contributed by atoms with Gasteiger partial charge in [0, 0.05) is 36.4 Å². The maximum Gasteiger partial charge on any atom is 0.348 e. The summed E-state index contributed by atoms with van der Waals surface area (Å²) in [4.78, 5) is 26.8. The first-order valence-electron chi connectivity index (χ1n) is 11.4. The fourth-order valence-electron chi connectivity index (χ4n) is 4.82. The Morgan fingerprint density at radius 3 is 2.88 bits per heavy atom. The molecule has 2 aromatic heterocycles. The summed E-state index contributed by atoms with van der Waals surface area (Å²) in [5.74, 6) is 0.429. The Morgan fingerprint density at radius 1 is 1.21 bits per heavy atom. The van der Waals surface area contributed by atoms with Crippen molar-refractivity contribution in [3.05, 3.63) is 69.8 Å². The molecule has 0 unspecified atom stereocenters. The molecule has 6 rings (SSSR count). The third kappa shape index (κ3) is 3.72. The first kappa shape index (κ1) is 21.2. The number of carbonyl (C=O) groups is 1. The van der Waals surface area contributed by atoms with Gasteiger partial charge >= 0.3 is 5.69 Å². The van der Waals surface area contributed by atoms with E-state index in [0.29, 0.717) is 35.9 Å². The van der Waals surface area contributed by atoms with E-state index in [4.69, 9.17) is 16.0 Å². The molecule has 4 aromatic rings. The van der Waals surface area contributed by atoms with Crippen molar-refractivity contribution >= 4 is 28.5 Å². The average molecular weight is 481 g/mol. The van der Waals surface area contributed by atoms with Gasteiger partial charge in [0.05, 0.1) is 17.0 Å². The van der Waals surface area contributed by atoms with Crippen molar-refractivity contribution in [1.29, 1.82) is 0 Å². The van der Waals surface area contributed by atoms with Crippen molar-refractivity contribution in [3.63, 3.8) is 0 Å². The molecule has 2 aliphatic rings. The first-order valence-corrected chi connectivity index (χ1v) is 11.8. The van der Waals surface area contributed by atoms with E-state index in [1.165, 1.54) is 16.7 Å². The molecule has 1 aliphatic heterocycles. The fraction of sp³-hybridized carbons (Fsp3) is 0.320. The first-order chi connectivity index (χ1) is 16.5. The van der Waals surface area contributed by atoms with Crippen molar-refractivity contribution in [1.82, 2.24) is 19.7 Å². The van der Waals surface area contributed by atoms with E-state index in [1.807, 2.05) is 29.2 Å². The maximum atomic E-state index is 15.3. The number of benzene rings is 2. The van der Waals surface area contributed by atoms with Gasteiger partial charge in [-0.3, -0.25) is 4.79 Å². The molecule has 2 aromatic carbocycles. The van der Waals surface area contributed by atoms with Crippen LogP contribution in [0, 0.1) is 17.7 Å². The number of carbonyl (C=O) groups excluding carboxylic acids is 1. The summed E-state index contributed by atoms with van der Waals surface area (Å²) >= 11 is 6.56. The summed E-state index contributed by atoms with van der Waals surface area (Å²) in [5, 5.41) is 7.80. The number of likely N-dealkylation sites (tertiary alicyclic amines) is 1. The molecule has 0 spiro atoms. The number of rotatable bonds is 5. The van der Waals surface area contributed by atoms with Crippen LogP contribution in [-0.4, -0.2) is 38.7 Å². The molecule has 174 valence electrons. The molecule has 34 heavy (non-hydrogen) atoms. The van der Waals surface area contributed by atoms with Gasteiger partial charge < -0.3 is 9.32 Å². The maximum absolute atomic E-state index is 15.3. The second-order valence-electron chi connectivity index (χ2n) is 9.15. The van der Waals surface area contributed by atoms with Crippen molar-refractivity contribution in [2.75, 3.05) is 13.1 Å². The molecule has 1 aliphatic carbocycles. The number of aromatic amines is 1. The summed E-state index contributed by atoms with van der Waals surface area (Å²) in [6, 6.07) is 10.1. The van der Waals surface area contributed by atoms with Crippen LogP contribution in [0.2, 0.25) is 5.02 Å². The highest BCUT2D eigenvalue weighted by molar-refractivity contribution is 6.33. The molecule has 2 fully saturated rings. The van der Waals surface area contributed by atoms with Gasteiger partial charge in [-0.1, -0.05) is 17.7 Å². The number of amides is 1. The van der Waals surface area contributed by atoms with Crippen LogP contribution in [0.1, 0.15) is 25.1 Å². The van der Waals surface area contributed by atoms with E-state index in [2.05, 4.69) is 10.2 Å². The minimum absolute atomic E-state index is 0.0517. The highest BCUT2D eigenvalue weighted by Gasteiger charge is 2.37. The predicted octanol–water partition coefficient (Wildman–Crippen LogP) is 4.57. The van der Waals surface area contributed by atoms with Crippen LogP contribution in [-0.2, 0) is 11.2 Å². The topological polar surface area (TPSA) is 84.1 Å². The van der Waals surface area contributed by atoms with Crippen molar-refractivity contribution in [2.24, 2.45) is 11.8 Å². The lowest BCUT2D eigenvalue weighted by molar-refractivity contribution is -0.131. The van der Waals surface area contributed by atoms with Crippen LogP contribution in [0.5, 0.6) is 0 Å². The normalized spacial score (nSPS) is 18.2. The molecule has 9 heteroatoms. The smallest absolute Gasteiger partial charge is 0.348 e. The lowest BCUT2D eigenvalue weighted by Crippen LogP contribution is -2.30. The Kier molecular flexibility index (Phi) is 5.06. The second kappa shape index (κ2) is 8.13. The van der Waals surface area contributed by atoms with Gasteiger partial charge in [-0.2, -0.15) is 5.10 Å². The number of H-pyrrole nitrogens is 1. The van der Waals surface area contributed by atoms with Crippen LogP contribution in [0.4, 0.5) is 4.39 Å². The Bertz CT molecular complexity index is 1470. The summed E-state index contributed by atoms with van der Waals surface area (Å²) in [7, 11) is 0. The van der Waals surface area contributed by atoms with Crippen LogP contribution in [0.15, 0.2) is 51.9 Å². The Morgan fingerprint density at radius 2 is 2.06 bits per heavy atom. The molecular weight excluding hydrogens is 459 g/mol. The Balaban J connectivity index is 1.29. The highest BCUT2D eigenvalue weighted by Crippen LogP contribution is 2.35. The van der Waals surface area contributed by atoms with Gasteiger partial charge in [-0.15, -0.1) is 0 Å². The summed E-state index contributed by atoms with van der Waals surface area (Å²) in [6.07, 6.45) is 4.84. The number of halogens is 2. The Hall–Kier alpha value is -3.39. The predicted molar refractivity (Wildman–Crippen MR) is 125 cm³/mol. The highest BCUT2D eigenvalue weighted by atomic mass is 35.5. The Labute approximate surface area is 199 Å². The van der Waals surface area contributed by atoms with E-state index in [0.717, 1.165) is 35.8 Å². The third-order valence-electron chi connectivity index (χ3n) is 6.78. The third-order valence-corrected chi connectivity index (χ3v) is 7.09. The number of aromatic nitrogens is 3. The van der Waals surface area contributed by atoms with Gasteiger partial charge in [0.1, 0.15) is 17.2 Å². The molecular formula is C25H22ClFN4O3. The van der Waals surface area contributed by atoms with Crippen molar-refractivity contribution in [3.8, 4) is 16.8 Å².